The molecule has 2 aliphatic heterocycles. The molecule has 0 saturated carbocycles. The molecule has 0 spiro atoms. The van der Waals surface area contributed by atoms with Gasteiger partial charge in [0, 0.05) is 60.3 Å². The number of rotatable bonds is 3. The lowest BCUT2D eigenvalue weighted by atomic mass is 9.94. The molecule has 33 heavy (non-hydrogen) atoms. The van der Waals surface area contributed by atoms with E-state index in [4.69, 9.17) is 5.73 Å². The SMILES string of the molecule is CC1CN(c2ccc(-c3cnc(N)c(-c4ccc5c(c4)CCNC5=O)c3)cc2)CC(C)N1C. The highest BCUT2D eigenvalue weighted by atomic mass is 16.1. The van der Waals surface area contributed by atoms with E-state index in [1.54, 1.807) is 0 Å². The van der Waals surface area contributed by atoms with Crippen molar-refractivity contribution in [2.45, 2.75) is 32.4 Å². The summed E-state index contributed by atoms with van der Waals surface area (Å²) < 4.78 is 0. The Hall–Kier alpha value is -3.38. The monoisotopic (exact) mass is 441 g/mol. The van der Waals surface area contributed by atoms with Crippen molar-refractivity contribution in [2.75, 3.05) is 37.3 Å². The highest BCUT2D eigenvalue weighted by Crippen LogP contribution is 2.32. The molecule has 1 aromatic heterocycles. The molecular formula is C27H31N5O. The molecular weight excluding hydrogens is 410 g/mol. The third-order valence-electron chi connectivity index (χ3n) is 7.18. The molecule has 1 saturated heterocycles. The number of piperazine rings is 1. The fraction of sp³-hybridized carbons (Fsp3) is 0.333. The molecule has 6 heteroatoms. The quantitative estimate of drug-likeness (QED) is 0.647. The van der Waals surface area contributed by atoms with Crippen LogP contribution in [0.1, 0.15) is 29.8 Å². The maximum Gasteiger partial charge on any atom is 0.251 e. The molecule has 2 atom stereocenters. The first-order valence-electron chi connectivity index (χ1n) is 11.6. The van der Waals surface area contributed by atoms with Crippen LogP contribution < -0.4 is 16.0 Å². The molecule has 0 bridgehead atoms. The number of likely N-dealkylation sites (N-methyl/N-ethyl adjacent to an activating group) is 1. The van der Waals surface area contributed by atoms with Gasteiger partial charge in [-0.3, -0.25) is 9.69 Å². The van der Waals surface area contributed by atoms with Gasteiger partial charge in [0.25, 0.3) is 5.91 Å². The molecule has 2 unspecified atom stereocenters. The number of nitrogen functional groups attached to an aromatic ring is 1. The fourth-order valence-electron chi connectivity index (χ4n) is 4.94. The van der Waals surface area contributed by atoms with Crippen LogP contribution in [-0.2, 0) is 6.42 Å². The van der Waals surface area contributed by atoms with E-state index in [-0.39, 0.29) is 5.91 Å². The highest BCUT2D eigenvalue weighted by molar-refractivity contribution is 5.97. The number of pyridine rings is 1. The molecule has 0 aliphatic carbocycles. The average Bonchev–Trinajstić information content (AvgIpc) is 2.82. The number of amides is 1. The van der Waals surface area contributed by atoms with Crippen molar-refractivity contribution in [3.63, 3.8) is 0 Å². The van der Waals surface area contributed by atoms with Gasteiger partial charge >= 0.3 is 0 Å². The van der Waals surface area contributed by atoms with Crippen molar-refractivity contribution in [3.05, 3.63) is 65.9 Å². The Bertz CT molecular complexity index is 1180. The lowest BCUT2D eigenvalue weighted by Gasteiger charge is -2.43. The van der Waals surface area contributed by atoms with Crippen molar-refractivity contribution in [1.29, 1.82) is 0 Å². The number of nitrogens with two attached hydrogens (primary N) is 1. The van der Waals surface area contributed by atoms with Gasteiger partial charge in [-0.15, -0.1) is 0 Å². The zero-order valence-electron chi connectivity index (χ0n) is 19.5. The lowest BCUT2D eigenvalue weighted by molar-refractivity contribution is 0.0946. The van der Waals surface area contributed by atoms with Crippen LogP contribution >= 0.6 is 0 Å². The Kier molecular flexibility index (Phi) is 5.54. The molecule has 3 N–H and O–H groups in total. The van der Waals surface area contributed by atoms with Crippen LogP contribution in [0.3, 0.4) is 0 Å². The molecule has 1 amide bonds. The van der Waals surface area contributed by atoms with Crippen molar-refractivity contribution >= 4 is 17.4 Å². The van der Waals surface area contributed by atoms with E-state index in [1.165, 1.54) is 5.69 Å². The van der Waals surface area contributed by atoms with Crippen molar-refractivity contribution in [2.24, 2.45) is 0 Å². The number of carbonyl (C=O) groups excluding carboxylic acids is 1. The zero-order valence-corrected chi connectivity index (χ0v) is 19.5. The normalized spacial score (nSPS) is 20.9. The van der Waals surface area contributed by atoms with E-state index in [1.807, 2.05) is 18.3 Å². The number of carbonyl (C=O) groups is 1. The number of benzene rings is 2. The first-order valence-corrected chi connectivity index (χ1v) is 11.6. The number of hydrogen-bond donors (Lipinski definition) is 2. The van der Waals surface area contributed by atoms with Gasteiger partial charge in [-0.05, 0) is 68.3 Å². The first-order chi connectivity index (χ1) is 15.9. The summed E-state index contributed by atoms with van der Waals surface area (Å²) in [6.45, 7) is 7.30. The van der Waals surface area contributed by atoms with Gasteiger partial charge in [0.15, 0.2) is 0 Å². The predicted molar refractivity (Wildman–Crippen MR) is 134 cm³/mol. The van der Waals surface area contributed by atoms with E-state index >= 15 is 0 Å². The minimum absolute atomic E-state index is 0.00752. The predicted octanol–water partition coefficient (Wildman–Crippen LogP) is 3.81. The molecule has 0 radical (unpaired) electrons. The Morgan fingerprint density at radius 3 is 2.36 bits per heavy atom. The van der Waals surface area contributed by atoms with Crippen molar-refractivity contribution < 1.29 is 4.79 Å². The maximum atomic E-state index is 12.1. The Labute approximate surface area is 195 Å². The summed E-state index contributed by atoms with van der Waals surface area (Å²) in [7, 11) is 2.21. The third kappa shape index (κ3) is 4.07. The van der Waals surface area contributed by atoms with Crippen molar-refractivity contribution in [1.82, 2.24) is 15.2 Å². The van der Waals surface area contributed by atoms with E-state index < -0.39 is 0 Å². The highest BCUT2D eigenvalue weighted by Gasteiger charge is 2.26. The first kappa shape index (κ1) is 21.5. The summed E-state index contributed by atoms with van der Waals surface area (Å²) in [5, 5.41) is 2.89. The summed E-state index contributed by atoms with van der Waals surface area (Å²) >= 11 is 0. The second-order valence-corrected chi connectivity index (χ2v) is 9.35. The maximum absolute atomic E-state index is 12.1. The van der Waals surface area contributed by atoms with Crippen molar-refractivity contribution in [3.8, 4) is 22.3 Å². The molecule has 5 rings (SSSR count). The van der Waals surface area contributed by atoms with Crippen LogP contribution in [0, 0.1) is 0 Å². The van der Waals surface area contributed by atoms with Gasteiger partial charge < -0.3 is 16.0 Å². The Balaban J connectivity index is 1.42. The van der Waals surface area contributed by atoms with Crippen LogP contribution in [0.4, 0.5) is 11.5 Å². The lowest BCUT2D eigenvalue weighted by Crippen LogP contribution is -2.55. The van der Waals surface area contributed by atoms with E-state index in [9.17, 15) is 4.79 Å². The number of hydrogen-bond acceptors (Lipinski definition) is 5. The van der Waals surface area contributed by atoms with Gasteiger partial charge in [-0.2, -0.15) is 0 Å². The van der Waals surface area contributed by atoms with E-state index in [0.29, 0.717) is 24.4 Å². The Morgan fingerprint density at radius 2 is 1.64 bits per heavy atom. The second-order valence-electron chi connectivity index (χ2n) is 9.35. The molecule has 1 fully saturated rings. The minimum Gasteiger partial charge on any atom is -0.383 e. The second kappa shape index (κ2) is 8.52. The summed E-state index contributed by atoms with van der Waals surface area (Å²) in [4.78, 5) is 21.5. The average molecular weight is 442 g/mol. The van der Waals surface area contributed by atoms with Crippen LogP contribution in [-0.4, -0.2) is 54.6 Å². The fourth-order valence-corrected chi connectivity index (χ4v) is 4.94. The number of aromatic nitrogens is 1. The van der Waals surface area contributed by atoms with Crippen LogP contribution in [0.5, 0.6) is 0 Å². The molecule has 3 heterocycles. The van der Waals surface area contributed by atoms with Gasteiger partial charge in [0.2, 0.25) is 0 Å². The molecule has 3 aromatic rings. The topological polar surface area (TPSA) is 74.5 Å². The standard InChI is InChI=1S/C27H31N5O/c1-17-15-32(16-18(2)31(17)3)23-7-4-19(5-8-23)22-13-25(26(28)30-14-22)20-6-9-24-21(12-20)10-11-29-27(24)33/h4-9,12-14,17-18H,10-11,15-16H2,1-3H3,(H2,28,30)(H,29,33). The summed E-state index contributed by atoms with van der Waals surface area (Å²) in [6, 6.07) is 17.8. The third-order valence-corrected chi connectivity index (χ3v) is 7.18. The van der Waals surface area contributed by atoms with Gasteiger partial charge in [0.1, 0.15) is 5.82 Å². The van der Waals surface area contributed by atoms with Crippen LogP contribution in [0.15, 0.2) is 54.7 Å². The van der Waals surface area contributed by atoms with Crippen LogP contribution in [0.25, 0.3) is 22.3 Å². The molecule has 170 valence electrons. The molecule has 6 nitrogen and oxygen atoms in total. The zero-order chi connectivity index (χ0) is 23.1. The van der Waals surface area contributed by atoms with E-state index in [2.05, 4.69) is 77.4 Å². The number of fused-ring (bicyclic) bond motifs is 1. The van der Waals surface area contributed by atoms with E-state index in [0.717, 1.165) is 52.9 Å². The smallest absolute Gasteiger partial charge is 0.251 e. The van der Waals surface area contributed by atoms with Gasteiger partial charge in [-0.1, -0.05) is 24.3 Å². The van der Waals surface area contributed by atoms with Gasteiger partial charge in [-0.25, -0.2) is 4.98 Å². The summed E-state index contributed by atoms with van der Waals surface area (Å²) in [5.74, 6) is 0.489. The number of nitrogens with zero attached hydrogens (tertiary/aromatic N) is 3. The largest absolute Gasteiger partial charge is 0.383 e. The summed E-state index contributed by atoms with van der Waals surface area (Å²) in [6.07, 6.45) is 2.66. The summed E-state index contributed by atoms with van der Waals surface area (Å²) in [5.41, 5.74) is 13.3. The molecule has 2 aromatic carbocycles. The number of anilines is 2. The molecule has 2 aliphatic rings. The van der Waals surface area contributed by atoms with Crippen LogP contribution in [0.2, 0.25) is 0 Å². The van der Waals surface area contributed by atoms with Gasteiger partial charge in [0.05, 0.1) is 0 Å². The minimum atomic E-state index is -0.00752. The Morgan fingerprint density at radius 1 is 0.939 bits per heavy atom. The number of nitrogens with one attached hydrogen (secondary N) is 1.